The summed E-state index contributed by atoms with van der Waals surface area (Å²) in [5.41, 5.74) is 3.46. The molecule has 4 heteroatoms. The Bertz CT molecular complexity index is 751. The van der Waals surface area contributed by atoms with E-state index in [0.29, 0.717) is 10.0 Å². The first kappa shape index (κ1) is 15.2. The average Bonchev–Trinajstić information content (AvgIpc) is 3.00. The SMILES string of the molecule is Clc1ccc(-n2cccc2CNCc2ccccc2)cc1Cl. The first-order chi connectivity index (χ1) is 10.7. The zero-order valence-corrected chi connectivity index (χ0v) is 13.5. The fourth-order valence-electron chi connectivity index (χ4n) is 2.38. The number of benzene rings is 2. The van der Waals surface area contributed by atoms with E-state index in [1.54, 1.807) is 0 Å². The van der Waals surface area contributed by atoms with Crippen molar-refractivity contribution in [2.24, 2.45) is 0 Å². The van der Waals surface area contributed by atoms with Gasteiger partial charge in [-0.2, -0.15) is 0 Å². The number of rotatable bonds is 5. The summed E-state index contributed by atoms with van der Waals surface area (Å²) in [7, 11) is 0. The lowest BCUT2D eigenvalue weighted by molar-refractivity contribution is 0.669. The molecular formula is C18H16Cl2N2. The Morgan fingerprint density at radius 1 is 0.818 bits per heavy atom. The van der Waals surface area contributed by atoms with Crippen LogP contribution in [0.25, 0.3) is 5.69 Å². The Morgan fingerprint density at radius 3 is 2.41 bits per heavy atom. The zero-order valence-electron chi connectivity index (χ0n) is 12.0. The second-order valence-corrected chi connectivity index (χ2v) is 5.87. The van der Waals surface area contributed by atoms with E-state index >= 15 is 0 Å². The molecule has 1 aromatic heterocycles. The Hall–Kier alpha value is -1.74. The van der Waals surface area contributed by atoms with Crippen molar-refractivity contribution in [3.63, 3.8) is 0 Å². The number of nitrogens with zero attached hydrogens (tertiary/aromatic N) is 1. The summed E-state index contributed by atoms with van der Waals surface area (Å²) < 4.78 is 2.11. The smallest absolute Gasteiger partial charge is 0.0613 e. The molecule has 0 amide bonds. The predicted octanol–water partition coefficient (Wildman–Crippen LogP) is 5.07. The van der Waals surface area contributed by atoms with Crippen LogP contribution in [0.2, 0.25) is 10.0 Å². The molecule has 0 bridgehead atoms. The van der Waals surface area contributed by atoms with E-state index in [2.05, 4.69) is 40.2 Å². The van der Waals surface area contributed by atoms with Gasteiger partial charge in [0.15, 0.2) is 0 Å². The summed E-state index contributed by atoms with van der Waals surface area (Å²) in [6.45, 7) is 1.62. The highest BCUT2D eigenvalue weighted by Gasteiger charge is 2.05. The molecule has 2 nitrogen and oxygen atoms in total. The highest BCUT2D eigenvalue weighted by molar-refractivity contribution is 6.42. The Balaban J connectivity index is 1.71. The van der Waals surface area contributed by atoms with Crippen molar-refractivity contribution >= 4 is 23.2 Å². The summed E-state index contributed by atoms with van der Waals surface area (Å²) in [6, 6.07) is 20.2. The fraction of sp³-hybridized carbons (Fsp3) is 0.111. The van der Waals surface area contributed by atoms with Crippen LogP contribution in [0.1, 0.15) is 11.3 Å². The summed E-state index contributed by atoms with van der Waals surface area (Å²) in [6.07, 6.45) is 2.03. The molecule has 0 fully saturated rings. The third kappa shape index (κ3) is 3.53. The minimum atomic E-state index is 0.566. The van der Waals surface area contributed by atoms with Crippen molar-refractivity contribution in [3.05, 3.63) is 88.2 Å². The molecule has 0 aliphatic heterocycles. The molecule has 0 aliphatic carbocycles. The number of hydrogen-bond donors (Lipinski definition) is 1. The molecule has 0 radical (unpaired) electrons. The lowest BCUT2D eigenvalue weighted by atomic mass is 10.2. The van der Waals surface area contributed by atoms with Gasteiger partial charge in [0.25, 0.3) is 0 Å². The third-order valence-corrected chi connectivity index (χ3v) is 4.23. The lowest BCUT2D eigenvalue weighted by Gasteiger charge is -2.11. The van der Waals surface area contributed by atoms with Crippen LogP contribution in [-0.2, 0) is 13.1 Å². The largest absolute Gasteiger partial charge is 0.320 e. The van der Waals surface area contributed by atoms with Crippen molar-refractivity contribution in [1.82, 2.24) is 9.88 Å². The van der Waals surface area contributed by atoms with Crippen LogP contribution in [0.15, 0.2) is 66.9 Å². The highest BCUT2D eigenvalue weighted by atomic mass is 35.5. The van der Waals surface area contributed by atoms with Crippen molar-refractivity contribution < 1.29 is 0 Å². The quantitative estimate of drug-likeness (QED) is 0.690. The maximum Gasteiger partial charge on any atom is 0.0613 e. The highest BCUT2D eigenvalue weighted by Crippen LogP contribution is 2.25. The summed E-state index contributed by atoms with van der Waals surface area (Å²) in [5, 5.41) is 4.60. The molecule has 1 heterocycles. The van der Waals surface area contributed by atoms with Gasteiger partial charge in [0.1, 0.15) is 0 Å². The van der Waals surface area contributed by atoms with Gasteiger partial charge in [-0.3, -0.25) is 0 Å². The van der Waals surface area contributed by atoms with Gasteiger partial charge in [0.05, 0.1) is 10.0 Å². The Kier molecular flexibility index (Phi) is 4.84. The molecule has 22 heavy (non-hydrogen) atoms. The van der Waals surface area contributed by atoms with E-state index in [1.807, 2.05) is 36.5 Å². The number of hydrogen-bond acceptors (Lipinski definition) is 1. The van der Waals surface area contributed by atoms with Crippen molar-refractivity contribution in [1.29, 1.82) is 0 Å². The molecule has 0 saturated heterocycles. The van der Waals surface area contributed by atoms with Gasteiger partial charge < -0.3 is 9.88 Å². The molecule has 0 spiro atoms. The first-order valence-corrected chi connectivity index (χ1v) is 7.86. The minimum absolute atomic E-state index is 0.566. The Morgan fingerprint density at radius 2 is 1.64 bits per heavy atom. The maximum absolute atomic E-state index is 6.11. The van der Waals surface area contributed by atoms with E-state index in [1.165, 1.54) is 11.3 Å². The molecule has 0 atom stereocenters. The fourth-order valence-corrected chi connectivity index (χ4v) is 2.67. The predicted molar refractivity (Wildman–Crippen MR) is 92.8 cm³/mol. The summed E-state index contributed by atoms with van der Waals surface area (Å²) >= 11 is 12.1. The normalized spacial score (nSPS) is 10.8. The topological polar surface area (TPSA) is 17.0 Å². The van der Waals surface area contributed by atoms with Crippen LogP contribution in [0.3, 0.4) is 0 Å². The second-order valence-electron chi connectivity index (χ2n) is 5.06. The van der Waals surface area contributed by atoms with Crippen LogP contribution < -0.4 is 5.32 Å². The molecule has 0 aliphatic rings. The summed E-state index contributed by atoms with van der Waals surface area (Å²) in [4.78, 5) is 0. The maximum atomic E-state index is 6.11. The molecule has 1 N–H and O–H groups in total. The molecule has 0 unspecified atom stereocenters. The van der Waals surface area contributed by atoms with Crippen LogP contribution >= 0.6 is 23.2 Å². The van der Waals surface area contributed by atoms with Gasteiger partial charge in [0, 0.05) is 30.7 Å². The molecule has 3 rings (SSSR count). The van der Waals surface area contributed by atoms with E-state index in [-0.39, 0.29) is 0 Å². The van der Waals surface area contributed by atoms with Gasteiger partial charge in [-0.05, 0) is 35.9 Å². The van der Waals surface area contributed by atoms with Crippen LogP contribution in [0, 0.1) is 0 Å². The number of nitrogens with one attached hydrogen (secondary N) is 1. The second kappa shape index (κ2) is 7.01. The molecule has 3 aromatic rings. The van der Waals surface area contributed by atoms with Crippen LogP contribution in [0.4, 0.5) is 0 Å². The zero-order chi connectivity index (χ0) is 15.4. The van der Waals surface area contributed by atoms with Gasteiger partial charge in [0.2, 0.25) is 0 Å². The molecule has 0 saturated carbocycles. The molecule has 112 valence electrons. The van der Waals surface area contributed by atoms with E-state index in [4.69, 9.17) is 23.2 Å². The van der Waals surface area contributed by atoms with Crippen molar-refractivity contribution in [2.45, 2.75) is 13.1 Å². The number of aromatic nitrogens is 1. The van der Waals surface area contributed by atoms with E-state index in [9.17, 15) is 0 Å². The minimum Gasteiger partial charge on any atom is -0.320 e. The first-order valence-electron chi connectivity index (χ1n) is 7.10. The third-order valence-electron chi connectivity index (χ3n) is 3.49. The lowest BCUT2D eigenvalue weighted by Crippen LogP contribution is -2.15. The van der Waals surface area contributed by atoms with Gasteiger partial charge in [-0.25, -0.2) is 0 Å². The molecule has 2 aromatic carbocycles. The number of halogens is 2. The van der Waals surface area contributed by atoms with Gasteiger partial charge >= 0.3 is 0 Å². The van der Waals surface area contributed by atoms with Crippen LogP contribution in [-0.4, -0.2) is 4.57 Å². The van der Waals surface area contributed by atoms with Crippen molar-refractivity contribution in [2.75, 3.05) is 0 Å². The summed E-state index contributed by atoms with van der Waals surface area (Å²) in [5.74, 6) is 0. The van der Waals surface area contributed by atoms with Crippen molar-refractivity contribution in [3.8, 4) is 5.69 Å². The molecular weight excluding hydrogens is 315 g/mol. The average molecular weight is 331 g/mol. The Labute approximate surface area is 140 Å². The van der Waals surface area contributed by atoms with Crippen LogP contribution in [0.5, 0.6) is 0 Å². The van der Waals surface area contributed by atoms with Gasteiger partial charge in [-0.1, -0.05) is 53.5 Å². The standard InChI is InChI=1S/C18H16Cl2N2/c19-17-9-8-15(11-18(17)20)22-10-4-7-16(22)13-21-12-14-5-2-1-3-6-14/h1-11,21H,12-13H2. The van der Waals surface area contributed by atoms with E-state index < -0.39 is 0 Å². The van der Waals surface area contributed by atoms with Gasteiger partial charge in [-0.15, -0.1) is 0 Å². The van der Waals surface area contributed by atoms with E-state index in [0.717, 1.165) is 18.8 Å². The monoisotopic (exact) mass is 330 g/mol.